The maximum atomic E-state index is 12.0. The first-order chi connectivity index (χ1) is 8.63. The van der Waals surface area contributed by atoms with E-state index in [2.05, 4.69) is 13.8 Å². The van der Waals surface area contributed by atoms with Crippen LogP contribution >= 0.6 is 0 Å². The van der Waals surface area contributed by atoms with E-state index >= 15 is 0 Å². The lowest BCUT2D eigenvalue weighted by molar-refractivity contribution is -0.133. The SMILES string of the molecule is CCOCC1CCN(C(=O)CCCC(C)C)CC1. The van der Waals surface area contributed by atoms with Gasteiger partial charge in [0.25, 0.3) is 0 Å². The molecule has 3 nitrogen and oxygen atoms in total. The van der Waals surface area contributed by atoms with Crippen LogP contribution in [0.4, 0.5) is 0 Å². The average molecular weight is 255 g/mol. The molecule has 18 heavy (non-hydrogen) atoms. The highest BCUT2D eigenvalue weighted by Crippen LogP contribution is 2.19. The number of ether oxygens (including phenoxy) is 1. The van der Waals surface area contributed by atoms with Crippen molar-refractivity contribution in [1.29, 1.82) is 0 Å². The largest absolute Gasteiger partial charge is 0.381 e. The van der Waals surface area contributed by atoms with Crippen molar-refractivity contribution in [1.82, 2.24) is 4.90 Å². The quantitative estimate of drug-likeness (QED) is 0.699. The lowest BCUT2D eigenvalue weighted by Crippen LogP contribution is -2.39. The molecule has 0 atom stereocenters. The molecule has 1 saturated heterocycles. The molecule has 0 radical (unpaired) electrons. The zero-order chi connectivity index (χ0) is 13.4. The molecular weight excluding hydrogens is 226 g/mol. The molecule has 1 rings (SSSR count). The number of likely N-dealkylation sites (tertiary alicyclic amines) is 1. The monoisotopic (exact) mass is 255 g/mol. The Bertz CT molecular complexity index is 233. The van der Waals surface area contributed by atoms with Crippen molar-refractivity contribution >= 4 is 5.91 Å². The van der Waals surface area contributed by atoms with Crippen LogP contribution in [0.3, 0.4) is 0 Å². The average Bonchev–Trinajstić information content (AvgIpc) is 2.36. The van der Waals surface area contributed by atoms with Crippen LogP contribution in [0.25, 0.3) is 0 Å². The van der Waals surface area contributed by atoms with E-state index in [-0.39, 0.29) is 0 Å². The highest BCUT2D eigenvalue weighted by atomic mass is 16.5. The van der Waals surface area contributed by atoms with Gasteiger partial charge in [0, 0.05) is 32.7 Å². The molecule has 3 heteroatoms. The summed E-state index contributed by atoms with van der Waals surface area (Å²) in [4.78, 5) is 14.0. The molecule has 0 aromatic rings. The van der Waals surface area contributed by atoms with Crippen molar-refractivity contribution in [2.45, 2.75) is 52.9 Å². The molecule has 1 aliphatic heterocycles. The summed E-state index contributed by atoms with van der Waals surface area (Å²) in [5.74, 6) is 1.71. The van der Waals surface area contributed by atoms with Crippen molar-refractivity contribution in [2.75, 3.05) is 26.3 Å². The van der Waals surface area contributed by atoms with Gasteiger partial charge in [-0.05, 0) is 38.0 Å². The molecule has 106 valence electrons. The number of piperidine rings is 1. The van der Waals surface area contributed by atoms with Crippen LogP contribution in [0.1, 0.15) is 52.9 Å². The van der Waals surface area contributed by atoms with Crippen molar-refractivity contribution in [3.63, 3.8) is 0 Å². The molecule has 1 amide bonds. The van der Waals surface area contributed by atoms with E-state index in [0.29, 0.717) is 17.7 Å². The fourth-order valence-electron chi connectivity index (χ4n) is 2.45. The normalized spacial score (nSPS) is 17.4. The Morgan fingerprint density at radius 1 is 1.33 bits per heavy atom. The van der Waals surface area contributed by atoms with E-state index in [4.69, 9.17) is 4.74 Å². The molecule has 0 aromatic carbocycles. The number of carbonyl (C=O) groups is 1. The molecule has 0 saturated carbocycles. The van der Waals surface area contributed by atoms with Crippen LogP contribution in [0.2, 0.25) is 0 Å². The molecule has 1 heterocycles. The molecule has 0 N–H and O–H groups in total. The van der Waals surface area contributed by atoms with Crippen molar-refractivity contribution in [2.24, 2.45) is 11.8 Å². The van der Waals surface area contributed by atoms with Gasteiger partial charge in [-0.1, -0.05) is 20.3 Å². The second-order valence-electron chi connectivity index (χ2n) is 5.77. The van der Waals surface area contributed by atoms with Crippen LogP contribution in [0, 0.1) is 11.8 Å². The zero-order valence-corrected chi connectivity index (χ0v) is 12.3. The topological polar surface area (TPSA) is 29.5 Å². The van der Waals surface area contributed by atoms with E-state index in [1.54, 1.807) is 0 Å². The van der Waals surface area contributed by atoms with E-state index in [1.165, 1.54) is 0 Å². The number of hydrogen-bond donors (Lipinski definition) is 0. The molecule has 0 unspecified atom stereocenters. The number of hydrogen-bond acceptors (Lipinski definition) is 2. The Labute approximate surface area is 112 Å². The number of rotatable bonds is 7. The Kier molecular flexibility index (Phi) is 7.33. The first-order valence-corrected chi connectivity index (χ1v) is 7.49. The smallest absolute Gasteiger partial charge is 0.222 e. The third-order valence-electron chi connectivity index (χ3n) is 3.70. The van der Waals surface area contributed by atoms with E-state index in [1.807, 2.05) is 11.8 Å². The Balaban J connectivity index is 2.15. The van der Waals surface area contributed by atoms with Crippen LogP contribution < -0.4 is 0 Å². The molecule has 0 aromatic heterocycles. The van der Waals surface area contributed by atoms with Gasteiger partial charge in [0.05, 0.1) is 0 Å². The first-order valence-electron chi connectivity index (χ1n) is 7.49. The summed E-state index contributed by atoms with van der Waals surface area (Å²) >= 11 is 0. The van der Waals surface area contributed by atoms with Gasteiger partial charge in [-0.2, -0.15) is 0 Å². The number of carbonyl (C=O) groups excluding carboxylic acids is 1. The summed E-state index contributed by atoms with van der Waals surface area (Å²) in [6.45, 7) is 9.98. The van der Waals surface area contributed by atoms with E-state index < -0.39 is 0 Å². The summed E-state index contributed by atoms with van der Waals surface area (Å²) in [5.41, 5.74) is 0. The van der Waals surface area contributed by atoms with Gasteiger partial charge in [-0.15, -0.1) is 0 Å². The summed E-state index contributed by atoms with van der Waals surface area (Å²) < 4.78 is 5.46. The highest BCUT2D eigenvalue weighted by Gasteiger charge is 2.22. The molecular formula is C15H29NO2. The predicted molar refractivity (Wildman–Crippen MR) is 74.5 cm³/mol. The lowest BCUT2D eigenvalue weighted by atomic mass is 9.97. The van der Waals surface area contributed by atoms with Gasteiger partial charge < -0.3 is 9.64 Å². The van der Waals surface area contributed by atoms with Gasteiger partial charge in [-0.25, -0.2) is 0 Å². The Morgan fingerprint density at radius 3 is 2.56 bits per heavy atom. The van der Waals surface area contributed by atoms with Gasteiger partial charge >= 0.3 is 0 Å². The standard InChI is InChI=1S/C15H29NO2/c1-4-18-12-14-8-10-16(11-9-14)15(17)7-5-6-13(2)3/h13-14H,4-12H2,1-3H3. The second-order valence-corrected chi connectivity index (χ2v) is 5.77. The van der Waals surface area contributed by atoms with Gasteiger partial charge in [0.15, 0.2) is 0 Å². The van der Waals surface area contributed by atoms with Gasteiger partial charge in [-0.3, -0.25) is 4.79 Å². The fraction of sp³-hybridized carbons (Fsp3) is 0.933. The van der Waals surface area contributed by atoms with Crippen LogP contribution in [-0.2, 0) is 9.53 Å². The highest BCUT2D eigenvalue weighted by molar-refractivity contribution is 5.76. The summed E-state index contributed by atoms with van der Waals surface area (Å²) in [7, 11) is 0. The van der Waals surface area contributed by atoms with Crippen LogP contribution in [0.5, 0.6) is 0 Å². The Hall–Kier alpha value is -0.570. The van der Waals surface area contributed by atoms with E-state index in [9.17, 15) is 4.79 Å². The molecule has 0 spiro atoms. The van der Waals surface area contributed by atoms with Crippen LogP contribution in [-0.4, -0.2) is 37.1 Å². The Morgan fingerprint density at radius 2 is 2.00 bits per heavy atom. The minimum absolute atomic E-state index is 0.352. The minimum atomic E-state index is 0.352. The number of nitrogens with zero attached hydrogens (tertiary/aromatic N) is 1. The van der Waals surface area contributed by atoms with Crippen LogP contribution in [0.15, 0.2) is 0 Å². The van der Waals surface area contributed by atoms with Gasteiger partial charge in [0.1, 0.15) is 0 Å². The lowest BCUT2D eigenvalue weighted by Gasteiger charge is -2.32. The maximum absolute atomic E-state index is 12.0. The maximum Gasteiger partial charge on any atom is 0.222 e. The molecule has 1 fully saturated rings. The number of amides is 1. The van der Waals surface area contributed by atoms with Crippen molar-refractivity contribution < 1.29 is 9.53 Å². The van der Waals surface area contributed by atoms with Crippen molar-refractivity contribution in [3.05, 3.63) is 0 Å². The van der Waals surface area contributed by atoms with E-state index in [0.717, 1.165) is 58.4 Å². The fourth-order valence-corrected chi connectivity index (χ4v) is 2.45. The zero-order valence-electron chi connectivity index (χ0n) is 12.3. The summed E-state index contributed by atoms with van der Waals surface area (Å²) in [5, 5.41) is 0. The second kappa shape index (κ2) is 8.52. The third kappa shape index (κ3) is 5.85. The van der Waals surface area contributed by atoms with Gasteiger partial charge in [0.2, 0.25) is 5.91 Å². The summed E-state index contributed by atoms with van der Waals surface area (Å²) in [6.07, 6.45) is 5.14. The molecule has 0 bridgehead atoms. The first kappa shape index (κ1) is 15.5. The molecule has 1 aliphatic rings. The van der Waals surface area contributed by atoms with Crippen molar-refractivity contribution in [3.8, 4) is 0 Å². The minimum Gasteiger partial charge on any atom is -0.381 e. The summed E-state index contributed by atoms with van der Waals surface area (Å²) in [6, 6.07) is 0. The predicted octanol–water partition coefficient (Wildman–Crippen LogP) is 3.09. The third-order valence-corrected chi connectivity index (χ3v) is 3.70. The molecule has 0 aliphatic carbocycles.